The number of nitrogens with one attached hydrogen (secondary N) is 1. The number of hydrogen-bond acceptors (Lipinski definition) is 7. The maximum atomic E-state index is 14.6. The van der Waals surface area contributed by atoms with Crippen LogP contribution in [-0.4, -0.2) is 56.7 Å². The second-order valence-electron chi connectivity index (χ2n) is 8.86. The van der Waals surface area contributed by atoms with Crippen LogP contribution in [0, 0.1) is 26.6 Å². The molecular formula is C23H28FN5O4S. The van der Waals surface area contributed by atoms with Gasteiger partial charge < -0.3 is 15.0 Å². The molecule has 4 rings (SSSR count). The smallest absolute Gasteiger partial charge is 0.269 e. The van der Waals surface area contributed by atoms with Crippen molar-refractivity contribution in [1.82, 2.24) is 19.4 Å². The first-order valence-electron chi connectivity index (χ1n) is 10.9. The first kappa shape index (κ1) is 24.3. The van der Waals surface area contributed by atoms with Gasteiger partial charge in [0.2, 0.25) is 5.95 Å². The van der Waals surface area contributed by atoms with Crippen LogP contribution in [0.15, 0.2) is 30.7 Å². The molecule has 9 nitrogen and oxygen atoms in total. The van der Waals surface area contributed by atoms with Crippen molar-refractivity contribution in [1.29, 1.82) is 0 Å². The molecule has 1 atom stereocenters. The van der Waals surface area contributed by atoms with E-state index in [1.165, 1.54) is 0 Å². The fraction of sp³-hybridized carbons (Fsp3) is 0.391. The van der Waals surface area contributed by atoms with E-state index in [1.54, 1.807) is 30.5 Å². The molecule has 34 heavy (non-hydrogen) atoms. The van der Waals surface area contributed by atoms with Crippen molar-refractivity contribution in [3.63, 3.8) is 0 Å². The van der Waals surface area contributed by atoms with E-state index in [4.69, 9.17) is 0 Å². The van der Waals surface area contributed by atoms with Gasteiger partial charge in [-0.1, -0.05) is 0 Å². The zero-order valence-corrected chi connectivity index (χ0v) is 20.1. The topological polar surface area (TPSA) is 121 Å². The van der Waals surface area contributed by atoms with E-state index >= 15 is 0 Å². The molecule has 3 N–H and O–H groups in total. The van der Waals surface area contributed by atoms with E-state index in [9.17, 15) is 22.5 Å². The summed E-state index contributed by atoms with van der Waals surface area (Å²) in [6, 6.07) is 3.45. The van der Waals surface area contributed by atoms with Crippen molar-refractivity contribution in [3.8, 4) is 5.82 Å². The minimum absolute atomic E-state index is 0.102. The van der Waals surface area contributed by atoms with Crippen molar-refractivity contribution in [2.75, 3.05) is 18.4 Å². The van der Waals surface area contributed by atoms with Crippen molar-refractivity contribution in [2.24, 2.45) is 0 Å². The van der Waals surface area contributed by atoms with Crippen LogP contribution in [0.1, 0.15) is 34.2 Å². The van der Waals surface area contributed by atoms with Gasteiger partial charge in [-0.25, -0.2) is 9.37 Å². The molecule has 0 bridgehead atoms. The lowest BCUT2D eigenvalue weighted by Crippen LogP contribution is -2.21. The maximum absolute atomic E-state index is 14.6. The lowest BCUT2D eigenvalue weighted by Gasteiger charge is -2.14. The zero-order chi connectivity index (χ0) is 24.6. The highest BCUT2D eigenvalue weighted by Crippen LogP contribution is 2.25. The van der Waals surface area contributed by atoms with Gasteiger partial charge in [0.05, 0.1) is 12.3 Å². The van der Waals surface area contributed by atoms with Crippen molar-refractivity contribution in [3.05, 3.63) is 64.4 Å². The summed E-state index contributed by atoms with van der Waals surface area (Å²) < 4.78 is 48.0. The minimum atomic E-state index is -4.15. The van der Waals surface area contributed by atoms with Crippen LogP contribution in [0.3, 0.4) is 0 Å². The molecule has 1 saturated heterocycles. The Bertz CT molecular complexity index is 1300. The average Bonchev–Trinajstić information content (AvgIpc) is 3.31. The van der Waals surface area contributed by atoms with Gasteiger partial charge in [0.1, 0.15) is 5.75 Å². The Balaban J connectivity index is 1.57. The molecule has 3 aromatic rings. The predicted octanol–water partition coefficient (Wildman–Crippen LogP) is 3.03. The number of halogens is 1. The van der Waals surface area contributed by atoms with Crippen molar-refractivity contribution >= 4 is 21.8 Å². The fourth-order valence-corrected chi connectivity index (χ4v) is 5.11. The van der Waals surface area contributed by atoms with Gasteiger partial charge in [-0.2, -0.15) is 13.4 Å². The SMILES string of the molecule is Cc1cn(-c2nc(Nc3cc(C)c(CS(=O)(=O)O)c(C)c3)ncc2F)cc1CN1CC[C@@H](O)C1. The molecule has 1 aromatic carbocycles. The summed E-state index contributed by atoms with van der Waals surface area (Å²) in [5, 5.41) is 12.8. The fourth-order valence-electron chi connectivity index (χ4n) is 4.29. The van der Waals surface area contributed by atoms with E-state index < -0.39 is 21.7 Å². The molecule has 0 aliphatic carbocycles. The summed E-state index contributed by atoms with van der Waals surface area (Å²) in [7, 11) is -4.15. The van der Waals surface area contributed by atoms with Crippen LogP contribution in [0.2, 0.25) is 0 Å². The zero-order valence-electron chi connectivity index (χ0n) is 19.3. The monoisotopic (exact) mass is 489 g/mol. The highest BCUT2D eigenvalue weighted by molar-refractivity contribution is 7.85. The Morgan fingerprint density at radius 3 is 2.50 bits per heavy atom. The van der Waals surface area contributed by atoms with Crippen LogP contribution in [0.25, 0.3) is 5.82 Å². The number of nitrogens with zero attached hydrogens (tertiary/aromatic N) is 4. The van der Waals surface area contributed by atoms with E-state index in [-0.39, 0.29) is 17.9 Å². The number of β-amino-alcohol motifs (C(OH)–C–C–N with tert-alkyl or cyclic N) is 1. The summed E-state index contributed by atoms with van der Waals surface area (Å²) in [6.07, 6.45) is 5.21. The Morgan fingerprint density at radius 1 is 1.18 bits per heavy atom. The molecule has 3 heterocycles. The maximum Gasteiger partial charge on any atom is 0.269 e. The largest absolute Gasteiger partial charge is 0.392 e. The first-order valence-corrected chi connectivity index (χ1v) is 12.5. The highest BCUT2D eigenvalue weighted by atomic mass is 32.2. The van der Waals surface area contributed by atoms with Crippen molar-refractivity contribution < 1.29 is 22.5 Å². The second kappa shape index (κ2) is 9.41. The Labute approximate surface area is 198 Å². The molecule has 2 aromatic heterocycles. The number of hydrogen-bond donors (Lipinski definition) is 3. The number of rotatable bonds is 7. The number of aliphatic hydroxyl groups is 1. The van der Waals surface area contributed by atoms with Gasteiger partial charge in [-0.3, -0.25) is 9.45 Å². The van der Waals surface area contributed by atoms with Gasteiger partial charge in [-0.15, -0.1) is 0 Å². The quantitative estimate of drug-likeness (QED) is 0.433. The van der Waals surface area contributed by atoms with Gasteiger partial charge in [-0.05, 0) is 67.1 Å². The molecule has 182 valence electrons. The third kappa shape index (κ3) is 5.61. The molecule has 0 amide bonds. The third-order valence-electron chi connectivity index (χ3n) is 6.02. The average molecular weight is 490 g/mol. The summed E-state index contributed by atoms with van der Waals surface area (Å²) >= 11 is 0. The summed E-state index contributed by atoms with van der Waals surface area (Å²) in [5.41, 5.74) is 4.52. The third-order valence-corrected chi connectivity index (χ3v) is 6.68. The normalized spacial score (nSPS) is 16.8. The molecule has 1 aliphatic rings. The summed E-state index contributed by atoms with van der Waals surface area (Å²) in [6.45, 7) is 7.57. The molecule has 0 spiro atoms. The molecule has 1 fully saturated rings. The number of aliphatic hydroxyl groups excluding tert-OH is 1. The van der Waals surface area contributed by atoms with Crippen LogP contribution >= 0.6 is 0 Å². The number of likely N-dealkylation sites (tertiary alicyclic amines) is 1. The Hall–Kier alpha value is -2.86. The van der Waals surface area contributed by atoms with Gasteiger partial charge in [0.25, 0.3) is 10.1 Å². The molecule has 0 radical (unpaired) electrons. The molecule has 11 heteroatoms. The van der Waals surface area contributed by atoms with Gasteiger partial charge in [0, 0.05) is 37.7 Å². The molecule has 0 unspecified atom stereocenters. The number of benzene rings is 1. The second-order valence-corrected chi connectivity index (χ2v) is 10.3. The summed E-state index contributed by atoms with van der Waals surface area (Å²) in [4.78, 5) is 10.6. The Kier molecular flexibility index (Phi) is 6.72. The lowest BCUT2D eigenvalue weighted by atomic mass is 10.0. The standard InChI is InChI=1S/C23H28FN5O4S/c1-14-6-18(7-15(2)20(14)13-34(31,32)33)26-23-25-8-21(24)22(27-23)29-9-16(3)17(11-29)10-28-5-4-19(30)12-28/h6-9,11,19,30H,4-5,10,12-13H2,1-3H3,(H,25,26,27)(H,31,32,33)/t19-/m1/s1. The molecular weight excluding hydrogens is 461 g/mol. The number of anilines is 2. The van der Waals surface area contributed by atoms with Gasteiger partial charge in [0.15, 0.2) is 11.6 Å². The lowest BCUT2D eigenvalue weighted by molar-refractivity contribution is 0.174. The summed E-state index contributed by atoms with van der Waals surface area (Å²) in [5.74, 6) is -0.744. The van der Waals surface area contributed by atoms with E-state index in [1.807, 2.05) is 19.3 Å². The minimum Gasteiger partial charge on any atom is -0.392 e. The van der Waals surface area contributed by atoms with Gasteiger partial charge >= 0.3 is 0 Å². The molecule has 0 saturated carbocycles. The highest BCUT2D eigenvalue weighted by Gasteiger charge is 2.21. The van der Waals surface area contributed by atoms with Crippen LogP contribution < -0.4 is 5.32 Å². The molecule has 1 aliphatic heterocycles. The van der Waals surface area contributed by atoms with Crippen LogP contribution in [0.4, 0.5) is 16.0 Å². The van der Waals surface area contributed by atoms with E-state index in [0.717, 1.165) is 30.3 Å². The number of aryl methyl sites for hydroxylation is 3. The number of aromatic nitrogens is 3. The van der Waals surface area contributed by atoms with Crippen LogP contribution in [0.5, 0.6) is 0 Å². The predicted molar refractivity (Wildman–Crippen MR) is 126 cm³/mol. The van der Waals surface area contributed by atoms with Crippen molar-refractivity contribution in [2.45, 2.75) is 45.6 Å². The van der Waals surface area contributed by atoms with E-state index in [0.29, 0.717) is 35.5 Å². The Morgan fingerprint density at radius 2 is 1.88 bits per heavy atom. The van der Waals surface area contributed by atoms with E-state index in [2.05, 4.69) is 20.2 Å². The van der Waals surface area contributed by atoms with Crippen LogP contribution in [-0.2, 0) is 22.4 Å². The first-order chi connectivity index (χ1) is 16.0.